The van der Waals surface area contributed by atoms with Crippen molar-refractivity contribution in [3.05, 3.63) is 68.4 Å². The molecule has 0 heterocycles. The largest absolute Gasteiger partial charge is 0.271 e. The van der Waals surface area contributed by atoms with Crippen molar-refractivity contribution in [3.8, 4) is 0 Å². The molecule has 0 saturated heterocycles. The highest BCUT2D eigenvalue weighted by Gasteiger charge is 2.16. The van der Waals surface area contributed by atoms with Gasteiger partial charge in [0.2, 0.25) is 0 Å². The number of aryl methyl sites for hydroxylation is 1. The highest BCUT2D eigenvalue weighted by molar-refractivity contribution is 9.10. The Morgan fingerprint density at radius 3 is 2.75 bits per heavy atom. The van der Waals surface area contributed by atoms with Crippen LogP contribution in [-0.4, -0.2) is 0 Å². The van der Waals surface area contributed by atoms with Gasteiger partial charge in [0.05, 0.1) is 6.04 Å². The number of hydrogen-bond donors (Lipinski definition) is 2. The molecule has 106 valence electrons. The Hall–Kier alpha value is -0.940. The van der Waals surface area contributed by atoms with E-state index in [9.17, 15) is 4.39 Å². The second-order valence-electron chi connectivity index (χ2n) is 4.64. The van der Waals surface area contributed by atoms with Gasteiger partial charge in [0.15, 0.2) is 0 Å². The van der Waals surface area contributed by atoms with Gasteiger partial charge in [-0.15, -0.1) is 0 Å². The molecule has 0 fully saturated rings. The summed E-state index contributed by atoms with van der Waals surface area (Å²) in [6, 6.07) is 10.3. The van der Waals surface area contributed by atoms with Gasteiger partial charge >= 0.3 is 0 Å². The predicted octanol–water partition coefficient (Wildman–Crippen LogP) is 4.30. The van der Waals surface area contributed by atoms with Gasteiger partial charge in [-0.05, 0) is 42.2 Å². The SMILES string of the molecule is Cc1cccc(C(Cc2ccc(F)cc2Cl)NN)c1Br. The lowest BCUT2D eigenvalue weighted by atomic mass is 9.98. The van der Waals surface area contributed by atoms with Gasteiger partial charge in [-0.1, -0.05) is 51.8 Å². The van der Waals surface area contributed by atoms with Crippen LogP contribution in [0.2, 0.25) is 5.02 Å². The van der Waals surface area contributed by atoms with Crippen molar-refractivity contribution in [3.63, 3.8) is 0 Å². The predicted molar refractivity (Wildman–Crippen MR) is 84.1 cm³/mol. The molecule has 1 atom stereocenters. The molecule has 1 unspecified atom stereocenters. The fourth-order valence-electron chi connectivity index (χ4n) is 2.11. The Bertz CT molecular complexity index is 619. The zero-order chi connectivity index (χ0) is 14.7. The third-order valence-corrected chi connectivity index (χ3v) is 4.67. The van der Waals surface area contributed by atoms with Crippen LogP contribution in [0.3, 0.4) is 0 Å². The molecule has 0 spiro atoms. The zero-order valence-corrected chi connectivity index (χ0v) is 13.3. The van der Waals surface area contributed by atoms with Crippen molar-refractivity contribution >= 4 is 27.5 Å². The highest BCUT2D eigenvalue weighted by Crippen LogP contribution is 2.30. The van der Waals surface area contributed by atoms with Crippen LogP contribution in [0.1, 0.15) is 22.7 Å². The van der Waals surface area contributed by atoms with Crippen molar-refractivity contribution in [2.75, 3.05) is 0 Å². The monoisotopic (exact) mass is 356 g/mol. The van der Waals surface area contributed by atoms with Crippen LogP contribution in [0.15, 0.2) is 40.9 Å². The van der Waals surface area contributed by atoms with E-state index in [1.807, 2.05) is 25.1 Å². The minimum atomic E-state index is -0.340. The van der Waals surface area contributed by atoms with E-state index >= 15 is 0 Å². The molecule has 2 aromatic rings. The minimum Gasteiger partial charge on any atom is -0.271 e. The van der Waals surface area contributed by atoms with E-state index in [0.29, 0.717) is 11.4 Å². The van der Waals surface area contributed by atoms with Crippen molar-refractivity contribution < 1.29 is 4.39 Å². The maximum absolute atomic E-state index is 13.1. The molecular weight excluding hydrogens is 343 g/mol. The van der Waals surface area contributed by atoms with Crippen LogP contribution >= 0.6 is 27.5 Å². The first kappa shape index (κ1) is 15.4. The normalized spacial score (nSPS) is 12.4. The number of nitrogens with two attached hydrogens (primary N) is 1. The molecule has 5 heteroatoms. The first-order valence-corrected chi connectivity index (χ1v) is 7.35. The lowest BCUT2D eigenvalue weighted by Crippen LogP contribution is -2.30. The van der Waals surface area contributed by atoms with Crippen molar-refractivity contribution in [2.24, 2.45) is 5.84 Å². The van der Waals surface area contributed by atoms with Crippen molar-refractivity contribution in [2.45, 2.75) is 19.4 Å². The second-order valence-corrected chi connectivity index (χ2v) is 5.84. The fraction of sp³-hybridized carbons (Fsp3) is 0.200. The van der Waals surface area contributed by atoms with E-state index in [-0.39, 0.29) is 11.9 Å². The average Bonchev–Trinajstić information content (AvgIpc) is 2.42. The van der Waals surface area contributed by atoms with Crippen LogP contribution in [0.25, 0.3) is 0 Å². The molecule has 0 aliphatic rings. The summed E-state index contributed by atoms with van der Waals surface area (Å²) in [5.74, 6) is 5.32. The van der Waals surface area contributed by atoms with Gasteiger partial charge in [-0.25, -0.2) is 4.39 Å². The molecule has 0 radical (unpaired) electrons. The number of hydrogen-bond acceptors (Lipinski definition) is 2. The molecule has 0 amide bonds. The maximum Gasteiger partial charge on any atom is 0.124 e. The zero-order valence-electron chi connectivity index (χ0n) is 11.0. The molecule has 0 saturated carbocycles. The molecule has 2 nitrogen and oxygen atoms in total. The highest BCUT2D eigenvalue weighted by atomic mass is 79.9. The number of benzene rings is 2. The molecule has 2 aromatic carbocycles. The lowest BCUT2D eigenvalue weighted by molar-refractivity contribution is 0.548. The number of hydrazine groups is 1. The first-order chi connectivity index (χ1) is 9.52. The molecule has 0 aliphatic heterocycles. The summed E-state index contributed by atoms with van der Waals surface area (Å²) < 4.78 is 14.1. The summed E-state index contributed by atoms with van der Waals surface area (Å²) >= 11 is 9.65. The number of halogens is 3. The fourth-order valence-corrected chi connectivity index (χ4v) is 2.89. The summed E-state index contributed by atoms with van der Waals surface area (Å²) in [6.07, 6.45) is 0.581. The van der Waals surface area contributed by atoms with Gasteiger partial charge in [0.1, 0.15) is 5.82 Å². The standard InChI is InChI=1S/C15H15BrClFN2/c1-9-3-2-4-12(15(9)16)14(20-19)7-10-5-6-11(18)8-13(10)17/h2-6,8,14,20H,7,19H2,1H3. The molecule has 20 heavy (non-hydrogen) atoms. The third-order valence-electron chi connectivity index (χ3n) is 3.24. The molecule has 0 aliphatic carbocycles. The van der Waals surface area contributed by atoms with Crippen molar-refractivity contribution in [1.82, 2.24) is 5.43 Å². The van der Waals surface area contributed by atoms with E-state index in [1.165, 1.54) is 12.1 Å². The molecule has 0 aromatic heterocycles. The Balaban J connectivity index is 2.31. The van der Waals surface area contributed by atoms with Crippen LogP contribution in [0.4, 0.5) is 4.39 Å². The quantitative estimate of drug-likeness (QED) is 0.632. The number of rotatable bonds is 4. The van der Waals surface area contributed by atoms with Crippen LogP contribution < -0.4 is 11.3 Å². The average molecular weight is 358 g/mol. The number of nitrogens with one attached hydrogen (secondary N) is 1. The van der Waals surface area contributed by atoms with Gasteiger partial charge in [0.25, 0.3) is 0 Å². The van der Waals surface area contributed by atoms with Gasteiger partial charge in [-0.2, -0.15) is 0 Å². The van der Waals surface area contributed by atoms with Crippen LogP contribution in [-0.2, 0) is 6.42 Å². The van der Waals surface area contributed by atoms with E-state index in [2.05, 4.69) is 21.4 Å². The van der Waals surface area contributed by atoms with Crippen molar-refractivity contribution in [1.29, 1.82) is 0 Å². The third kappa shape index (κ3) is 3.38. The smallest absolute Gasteiger partial charge is 0.124 e. The first-order valence-electron chi connectivity index (χ1n) is 6.18. The van der Waals surface area contributed by atoms with Gasteiger partial charge in [0, 0.05) is 9.50 Å². The Morgan fingerprint density at radius 2 is 2.10 bits per heavy atom. The van der Waals surface area contributed by atoms with E-state index in [4.69, 9.17) is 17.4 Å². The van der Waals surface area contributed by atoms with Crippen LogP contribution in [0.5, 0.6) is 0 Å². The summed E-state index contributed by atoms with van der Waals surface area (Å²) in [4.78, 5) is 0. The maximum atomic E-state index is 13.1. The van der Waals surface area contributed by atoms with E-state index in [1.54, 1.807) is 6.07 Å². The summed E-state index contributed by atoms with van der Waals surface area (Å²) in [6.45, 7) is 2.02. The van der Waals surface area contributed by atoms with Gasteiger partial charge < -0.3 is 0 Å². The minimum absolute atomic E-state index is 0.104. The van der Waals surface area contributed by atoms with Gasteiger partial charge in [-0.3, -0.25) is 11.3 Å². The molecular formula is C15H15BrClFN2. The molecule has 3 N–H and O–H groups in total. The Labute approximate surface area is 131 Å². The molecule has 0 bridgehead atoms. The van der Waals surface area contributed by atoms with Crippen LogP contribution in [0, 0.1) is 12.7 Å². The second kappa shape index (κ2) is 6.68. The summed E-state index contributed by atoms with van der Waals surface area (Å²) in [7, 11) is 0. The summed E-state index contributed by atoms with van der Waals surface area (Å²) in [5, 5.41) is 0.411. The topological polar surface area (TPSA) is 38.0 Å². The Morgan fingerprint density at radius 1 is 1.35 bits per heavy atom. The Kier molecular flexibility index (Phi) is 5.16. The summed E-state index contributed by atoms with van der Waals surface area (Å²) in [5.41, 5.74) is 5.83. The van der Waals surface area contributed by atoms with E-state index < -0.39 is 0 Å². The van der Waals surface area contributed by atoms with E-state index in [0.717, 1.165) is 21.2 Å². The molecule has 2 rings (SSSR count). The lowest BCUT2D eigenvalue weighted by Gasteiger charge is -2.19.